The first-order chi connectivity index (χ1) is 15.1. The van der Waals surface area contributed by atoms with Gasteiger partial charge in [-0.2, -0.15) is 4.37 Å². The number of benzene rings is 2. The number of piperazine rings is 1. The van der Waals surface area contributed by atoms with Crippen LogP contribution >= 0.6 is 23.1 Å². The van der Waals surface area contributed by atoms with E-state index >= 15 is 0 Å². The first-order valence-electron chi connectivity index (χ1n) is 10.1. The molecule has 0 saturated carbocycles. The van der Waals surface area contributed by atoms with Gasteiger partial charge in [-0.15, -0.1) is 0 Å². The van der Waals surface area contributed by atoms with Crippen molar-refractivity contribution < 1.29 is 4.79 Å². The van der Waals surface area contributed by atoms with Crippen LogP contribution in [0.2, 0.25) is 5.02 Å². The zero-order valence-corrected chi connectivity index (χ0v) is 18.5. The quantitative estimate of drug-likeness (QED) is 0.454. The number of hydrogen-bond donors (Lipinski definition) is 0. The number of rotatable bonds is 3. The lowest BCUT2D eigenvalue weighted by Gasteiger charge is -2.35. The average Bonchev–Trinajstić information content (AvgIpc) is 3.23. The molecule has 2 aromatic carbocycles. The fraction of sp³-hybridized carbons (Fsp3) is 0.217. The fourth-order valence-electron chi connectivity index (χ4n) is 3.86. The van der Waals surface area contributed by atoms with Crippen molar-refractivity contribution in [2.45, 2.75) is 6.92 Å². The Kier molecular flexibility index (Phi) is 5.29. The summed E-state index contributed by atoms with van der Waals surface area (Å²) in [5.74, 6) is 0.962. The minimum absolute atomic E-state index is 0.0824. The zero-order valence-electron chi connectivity index (χ0n) is 17.0. The van der Waals surface area contributed by atoms with Crippen molar-refractivity contribution >= 4 is 45.1 Å². The third-order valence-corrected chi connectivity index (χ3v) is 6.57. The van der Waals surface area contributed by atoms with Crippen LogP contribution in [-0.2, 0) is 0 Å². The van der Waals surface area contributed by atoms with Crippen molar-refractivity contribution in [2.75, 3.05) is 31.1 Å². The van der Waals surface area contributed by atoms with E-state index in [1.807, 2.05) is 60.4 Å². The van der Waals surface area contributed by atoms with Gasteiger partial charge in [0.1, 0.15) is 22.2 Å². The minimum atomic E-state index is 0.0824. The van der Waals surface area contributed by atoms with Crippen molar-refractivity contribution in [3.8, 4) is 11.3 Å². The molecular weight excluding hydrogens is 430 g/mol. The molecule has 2 aromatic heterocycles. The fourth-order valence-corrected chi connectivity index (χ4v) is 4.86. The number of amides is 1. The Labute approximate surface area is 189 Å². The number of anilines is 1. The van der Waals surface area contributed by atoms with E-state index in [1.54, 1.807) is 6.33 Å². The van der Waals surface area contributed by atoms with Gasteiger partial charge in [-0.05, 0) is 42.7 Å². The second-order valence-corrected chi connectivity index (χ2v) is 8.77. The molecule has 1 aliphatic rings. The summed E-state index contributed by atoms with van der Waals surface area (Å²) in [5, 5.41) is 0.691. The van der Waals surface area contributed by atoms with Crippen molar-refractivity contribution in [2.24, 2.45) is 0 Å². The Hall–Kier alpha value is -3.03. The molecule has 4 aromatic rings. The van der Waals surface area contributed by atoms with Gasteiger partial charge in [0.15, 0.2) is 5.82 Å². The SMILES string of the molecule is Cc1cccc(C(=O)N2CCN(c3ncnc4c(-c5ccc(Cl)cc5)nsc34)CC2)c1. The summed E-state index contributed by atoms with van der Waals surface area (Å²) in [6.45, 7) is 4.75. The summed E-state index contributed by atoms with van der Waals surface area (Å²) < 4.78 is 5.61. The maximum atomic E-state index is 12.9. The van der Waals surface area contributed by atoms with E-state index in [9.17, 15) is 4.79 Å². The van der Waals surface area contributed by atoms with E-state index in [0.717, 1.165) is 51.5 Å². The molecule has 0 N–H and O–H groups in total. The number of hydrogen-bond acceptors (Lipinski definition) is 6. The summed E-state index contributed by atoms with van der Waals surface area (Å²) >= 11 is 7.43. The van der Waals surface area contributed by atoms with Gasteiger partial charge in [-0.25, -0.2) is 9.97 Å². The van der Waals surface area contributed by atoms with E-state index in [0.29, 0.717) is 18.1 Å². The predicted molar refractivity (Wildman–Crippen MR) is 125 cm³/mol. The van der Waals surface area contributed by atoms with E-state index in [-0.39, 0.29) is 5.91 Å². The van der Waals surface area contributed by atoms with Gasteiger partial charge in [0.25, 0.3) is 5.91 Å². The van der Waals surface area contributed by atoms with Crippen LogP contribution < -0.4 is 4.90 Å². The monoisotopic (exact) mass is 449 g/mol. The van der Waals surface area contributed by atoms with Crippen molar-refractivity contribution in [1.29, 1.82) is 0 Å². The lowest BCUT2D eigenvalue weighted by atomic mass is 10.1. The van der Waals surface area contributed by atoms with Gasteiger partial charge in [0.05, 0.1) is 0 Å². The topological polar surface area (TPSA) is 62.2 Å². The number of carbonyl (C=O) groups excluding carboxylic acids is 1. The van der Waals surface area contributed by atoms with Gasteiger partial charge in [0.2, 0.25) is 0 Å². The highest BCUT2D eigenvalue weighted by molar-refractivity contribution is 7.14. The van der Waals surface area contributed by atoms with Crippen molar-refractivity contribution in [1.82, 2.24) is 19.2 Å². The highest BCUT2D eigenvalue weighted by atomic mass is 35.5. The number of fused-ring (bicyclic) bond motifs is 1. The van der Waals surface area contributed by atoms with E-state index in [2.05, 4.69) is 19.2 Å². The van der Waals surface area contributed by atoms with E-state index in [4.69, 9.17) is 11.6 Å². The molecule has 1 amide bonds. The van der Waals surface area contributed by atoms with Gasteiger partial charge in [-0.3, -0.25) is 4.79 Å². The highest BCUT2D eigenvalue weighted by Gasteiger charge is 2.25. The normalized spacial score (nSPS) is 14.3. The largest absolute Gasteiger partial charge is 0.352 e. The smallest absolute Gasteiger partial charge is 0.253 e. The zero-order chi connectivity index (χ0) is 21.4. The Morgan fingerprint density at radius 2 is 1.81 bits per heavy atom. The van der Waals surface area contributed by atoms with Gasteiger partial charge >= 0.3 is 0 Å². The van der Waals surface area contributed by atoms with Crippen molar-refractivity contribution in [3.63, 3.8) is 0 Å². The Balaban J connectivity index is 1.36. The van der Waals surface area contributed by atoms with Crippen LogP contribution in [0.4, 0.5) is 5.82 Å². The third-order valence-electron chi connectivity index (χ3n) is 5.49. The molecule has 0 radical (unpaired) electrons. The molecular formula is C23H20ClN5OS. The third kappa shape index (κ3) is 3.86. The molecule has 5 rings (SSSR count). The predicted octanol–water partition coefficient (Wildman–Crippen LogP) is 4.68. The standard InChI is InChI=1S/C23H20ClN5OS/c1-15-3-2-4-17(13-15)23(30)29-11-9-28(10-12-29)22-21-20(25-14-26-22)19(27-31-21)16-5-7-18(24)8-6-16/h2-8,13-14H,9-12H2,1H3. The Bertz CT molecular complexity index is 1250. The molecule has 1 saturated heterocycles. The van der Waals surface area contributed by atoms with Gasteiger partial charge in [-0.1, -0.05) is 41.4 Å². The molecule has 0 atom stereocenters. The van der Waals surface area contributed by atoms with Crippen molar-refractivity contribution in [3.05, 3.63) is 71.0 Å². The maximum Gasteiger partial charge on any atom is 0.253 e. The summed E-state index contributed by atoms with van der Waals surface area (Å²) in [6, 6.07) is 15.4. The summed E-state index contributed by atoms with van der Waals surface area (Å²) in [5.41, 5.74) is 4.50. The molecule has 31 heavy (non-hydrogen) atoms. The summed E-state index contributed by atoms with van der Waals surface area (Å²) in [7, 11) is 0. The molecule has 0 spiro atoms. The number of carbonyl (C=O) groups is 1. The van der Waals surface area contributed by atoms with Crippen LogP contribution in [0.3, 0.4) is 0 Å². The first-order valence-corrected chi connectivity index (χ1v) is 11.2. The number of aryl methyl sites for hydroxylation is 1. The van der Waals surface area contributed by atoms with Crippen LogP contribution in [-0.4, -0.2) is 51.3 Å². The molecule has 0 bridgehead atoms. The first kappa shape index (κ1) is 19.9. The van der Waals surface area contributed by atoms with Crippen LogP contribution in [0.1, 0.15) is 15.9 Å². The van der Waals surface area contributed by atoms with E-state index < -0.39 is 0 Å². The lowest BCUT2D eigenvalue weighted by Crippen LogP contribution is -2.49. The lowest BCUT2D eigenvalue weighted by molar-refractivity contribution is 0.0746. The molecule has 1 aliphatic heterocycles. The number of halogens is 1. The summed E-state index contributed by atoms with van der Waals surface area (Å²) in [4.78, 5) is 26.0. The second-order valence-electron chi connectivity index (χ2n) is 7.56. The average molecular weight is 450 g/mol. The van der Waals surface area contributed by atoms with Gasteiger partial charge < -0.3 is 9.80 Å². The molecule has 1 fully saturated rings. The molecule has 156 valence electrons. The number of nitrogens with zero attached hydrogens (tertiary/aromatic N) is 5. The molecule has 0 aliphatic carbocycles. The highest BCUT2D eigenvalue weighted by Crippen LogP contribution is 2.34. The Morgan fingerprint density at radius 3 is 2.55 bits per heavy atom. The van der Waals surface area contributed by atoms with E-state index in [1.165, 1.54) is 11.5 Å². The van der Waals surface area contributed by atoms with Crippen LogP contribution in [0.15, 0.2) is 54.9 Å². The van der Waals surface area contributed by atoms with Crippen LogP contribution in [0.25, 0.3) is 21.5 Å². The number of aromatic nitrogens is 3. The summed E-state index contributed by atoms with van der Waals surface area (Å²) in [6.07, 6.45) is 1.59. The second kappa shape index (κ2) is 8.24. The van der Waals surface area contributed by atoms with Crippen LogP contribution in [0, 0.1) is 6.92 Å². The van der Waals surface area contributed by atoms with Crippen LogP contribution in [0.5, 0.6) is 0 Å². The minimum Gasteiger partial charge on any atom is -0.352 e. The van der Waals surface area contributed by atoms with Gasteiger partial charge in [0, 0.05) is 42.3 Å². The maximum absolute atomic E-state index is 12.9. The Morgan fingerprint density at radius 1 is 1.03 bits per heavy atom. The molecule has 3 heterocycles. The molecule has 6 nitrogen and oxygen atoms in total. The molecule has 0 unspecified atom stereocenters. The molecule has 8 heteroatoms.